The average Bonchev–Trinajstić information content (AvgIpc) is 2.20. The normalized spacial score (nSPS) is 17.5. The molecule has 0 aliphatic carbocycles. The first-order chi connectivity index (χ1) is 6.38. The molecule has 1 aliphatic heterocycles. The molecule has 1 fully saturated rings. The van der Waals surface area contributed by atoms with Crippen LogP contribution < -0.4 is 10.2 Å². The standard InChI is InChI=1S/C8H10N4O/c13-8-5-9-1-2-12(8)7-3-10-6-11-4-7/h3-4,6,9H,1-2,5H2. The molecule has 5 heteroatoms. The van der Waals surface area contributed by atoms with Gasteiger partial charge < -0.3 is 10.2 Å². The van der Waals surface area contributed by atoms with Gasteiger partial charge in [0.2, 0.25) is 5.91 Å². The van der Waals surface area contributed by atoms with Gasteiger partial charge >= 0.3 is 0 Å². The molecule has 0 aromatic carbocycles. The molecule has 13 heavy (non-hydrogen) atoms. The van der Waals surface area contributed by atoms with Crippen LogP contribution in [0.5, 0.6) is 0 Å². The molecule has 68 valence electrons. The van der Waals surface area contributed by atoms with Crippen molar-refractivity contribution < 1.29 is 4.79 Å². The third-order valence-corrected chi connectivity index (χ3v) is 1.95. The fraction of sp³-hybridized carbons (Fsp3) is 0.375. The predicted molar refractivity (Wildman–Crippen MR) is 47.3 cm³/mol. The zero-order chi connectivity index (χ0) is 9.10. The summed E-state index contributed by atoms with van der Waals surface area (Å²) >= 11 is 0. The van der Waals surface area contributed by atoms with Gasteiger partial charge in [-0.1, -0.05) is 0 Å². The van der Waals surface area contributed by atoms with Crippen LogP contribution in [-0.4, -0.2) is 35.5 Å². The maximum atomic E-state index is 11.4. The highest BCUT2D eigenvalue weighted by molar-refractivity contribution is 5.95. The largest absolute Gasteiger partial charge is 0.307 e. The van der Waals surface area contributed by atoms with E-state index >= 15 is 0 Å². The summed E-state index contributed by atoms with van der Waals surface area (Å²) in [7, 11) is 0. The van der Waals surface area contributed by atoms with Crippen molar-refractivity contribution in [2.24, 2.45) is 0 Å². The molecule has 0 unspecified atom stereocenters. The number of amides is 1. The first-order valence-electron chi connectivity index (χ1n) is 4.14. The van der Waals surface area contributed by atoms with E-state index in [1.807, 2.05) is 0 Å². The van der Waals surface area contributed by atoms with Gasteiger partial charge in [-0.15, -0.1) is 0 Å². The lowest BCUT2D eigenvalue weighted by molar-refractivity contribution is -0.118. The quantitative estimate of drug-likeness (QED) is 0.624. The van der Waals surface area contributed by atoms with Crippen LogP contribution in [0.25, 0.3) is 0 Å². The summed E-state index contributed by atoms with van der Waals surface area (Å²) in [5.41, 5.74) is 0.772. The fourth-order valence-corrected chi connectivity index (χ4v) is 1.31. The van der Waals surface area contributed by atoms with Crippen molar-refractivity contribution in [2.75, 3.05) is 24.5 Å². The Morgan fingerprint density at radius 1 is 1.38 bits per heavy atom. The summed E-state index contributed by atoms with van der Waals surface area (Å²) in [4.78, 5) is 20.8. The van der Waals surface area contributed by atoms with E-state index in [0.29, 0.717) is 13.1 Å². The molecule has 2 heterocycles. The van der Waals surface area contributed by atoms with Crippen LogP contribution in [0, 0.1) is 0 Å². The van der Waals surface area contributed by atoms with Crippen molar-refractivity contribution in [3.8, 4) is 0 Å². The van der Waals surface area contributed by atoms with Gasteiger partial charge in [-0.05, 0) is 0 Å². The number of piperazine rings is 1. The molecule has 2 rings (SSSR count). The third kappa shape index (κ3) is 1.65. The second-order valence-corrected chi connectivity index (χ2v) is 2.82. The summed E-state index contributed by atoms with van der Waals surface area (Å²) in [5, 5.41) is 3.00. The monoisotopic (exact) mass is 178 g/mol. The summed E-state index contributed by atoms with van der Waals surface area (Å²) in [6.45, 7) is 1.90. The Balaban J connectivity index is 2.20. The highest BCUT2D eigenvalue weighted by Crippen LogP contribution is 2.10. The summed E-state index contributed by atoms with van der Waals surface area (Å²) in [6.07, 6.45) is 4.75. The summed E-state index contributed by atoms with van der Waals surface area (Å²) in [5.74, 6) is 0.0704. The lowest BCUT2D eigenvalue weighted by atomic mass is 10.3. The van der Waals surface area contributed by atoms with Crippen LogP contribution in [-0.2, 0) is 4.79 Å². The van der Waals surface area contributed by atoms with Gasteiger partial charge in [0.25, 0.3) is 0 Å². The number of nitrogens with zero attached hydrogens (tertiary/aromatic N) is 3. The van der Waals surface area contributed by atoms with E-state index in [2.05, 4.69) is 15.3 Å². The molecule has 0 bridgehead atoms. The van der Waals surface area contributed by atoms with Crippen molar-refractivity contribution in [2.45, 2.75) is 0 Å². The number of hydrogen-bond donors (Lipinski definition) is 1. The van der Waals surface area contributed by atoms with Crippen molar-refractivity contribution >= 4 is 11.6 Å². The van der Waals surface area contributed by atoms with Gasteiger partial charge in [-0.2, -0.15) is 0 Å². The molecular weight excluding hydrogens is 168 g/mol. The van der Waals surface area contributed by atoms with Gasteiger partial charge in [0.15, 0.2) is 0 Å². The number of nitrogens with one attached hydrogen (secondary N) is 1. The zero-order valence-electron chi connectivity index (χ0n) is 7.10. The van der Waals surface area contributed by atoms with Crippen LogP contribution in [0.3, 0.4) is 0 Å². The highest BCUT2D eigenvalue weighted by atomic mass is 16.2. The summed E-state index contributed by atoms with van der Waals surface area (Å²) in [6, 6.07) is 0. The van der Waals surface area contributed by atoms with Crippen molar-refractivity contribution in [3.05, 3.63) is 18.7 Å². The van der Waals surface area contributed by atoms with Crippen LogP contribution in [0.4, 0.5) is 5.69 Å². The molecule has 5 nitrogen and oxygen atoms in total. The first kappa shape index (κ1) is 8.12. The van der Waals surface area contributed by atoms with E-state index in [9.17, 15) is 4.79 Å². The molecular formula is C8H10N4O. The molecule has 1 aromatic heterocycles. The molecule has 0 radical (unpaired) electrons. The average molecular weight is 178 g/mol. The second-order valence-electron chi connectivity index (χ2n) is 2.82. The van der Waals surface area contributed by atoms with E-state index in [0.717, 1.165) is 12.2 Å². The van der Waals surface area contributed by atoms with Gasteiger partial charge in [0, 0.05) is 13.1 Å². The number of carbonyl (C=O) groups is 1. The van der Waals surface area contributed by atoms with Gasteiger partial charge in [0.1, 0.15) is 6.33 Å². The number of carbonyl (C=O) groups excluding carboxylic acids is 1. The van der Waals surface area contributed by atoms with E-state index in [1.54, 1.807) is 17.3 Å². The number of rotatable bonds is 1. The number of hydrogen-bond acceptors (Lipinski definition) is 4. The SMILES string of the molecule is O=C1CNCCN1c1cncnc1. The van der Waals surface area contributed by atoms with E-state index in [4.69, 9.17) is 0 Å². The first-order valence-corrected chi connectivity index (χ1v) is 4.14. The maximum absolute atomic E-state index is 11.4. The van der Waals surface area contributed by atoms with Crippen molar-refractivity contribution in [3.63, 3.8) is 0 Å². The maximum Gasteiger partial charge on any atom is 0.241 e. The van der Waals surface area contributed by atoms with E-state index in [1.165, 1.54) is 6.33 Å². The minimum absolute atomic E-state index is 0.0704. The highest BCUT2D eigenvalue weighted by Gasteiger charge is 2.18. The Morgan fingerprint density at radius 3 is 2.85 bits per heavy atom. The minimum Gasteiger partial charge on any atom is -0.307 e. The number of anilines is 1. The van der Waals surface area contributed by atoms with Gasteiger partial charge in [0.05, 0.1) is 24.6 Å². The van der Waals surface area contributed by atoms with E-state index in [-0.39, 0.29) is 5.91 Å². The fourth-order valence-electron chi connectivity index (χ4n) is 1.31. The molecule has 1 saturated heterocycles. The minimum atomic E-state index is 0.0704. The molecule has 0 spiro atoms. The topological polar surface area (TPSA) is 58.1 Å². The molecule has 0 atom stereocenters. The van der Waals surface area contributed by atoms with Crippen LogP contribution in [0.15, 0.2) is 18.7 Å². The third-order valence-electron chi connectivity index (χ3n) is 1.95. The lowest BCUT2D eigenvalue weighted by Gasteiger charge is -2.26. The van der Waals surface area contributed by atoms with Gasteiger partial charge in [-0.3, -0.25) is 4.79 Å². The van der Waals surface area contributed by atoms with Crippen LogP contribution >= 0.6 is 0 Å². The molecule has 1 N–H and O–H groups in total. The Morgan fingerprint density at radius 2 is 2.15 bits per heavy atom. The van der Waals surface area contributed by atoms with Crippen LogP contribution in [0.2, 0.25) is 0 Å². The Kier molecular flexibility index (Phi) is 2.18. The smallest absolute Gasteiger partial charge is 0.241 e. The van der Waals surface area contributed by atoms with E-state index < -0.39 is 0 Å². The molecule has 1 aromatic rings. The summed E-state index contributed by atoms with van der Waals surface area (Å²) < 4.78 is 0. The Bertz CT molecular complexity index is 300. The van der Waals surface area contributed by atoms with Crippen molar-refractivity contribution in [1.82, 2.24) is 15.3 Å². The predicted octanol–water partition coefficient (Wildman–Crippen LogP) is -0.587. The second kappa shape index (κ2) is 3.49. The molecule has 1 aliphatic rings. The Hall–Kier alpha value is -1.49. The molecule has 0 saturated carbocycles. The van der Waals surface area contributed by atoms with Crippen molar-refractivity contribution in [1.29, 1.82) is 0 Å². The zero-order valence-corrected chi connectivity index (χ0v) is 7.10. The van der Waals surface area contributed by atoms with Gasteiger partial charge in [-0.25, -0.2) is 9.97 Å². The van der Waals surface area contributed by atoms with Crippen LogP contribution in [0.1, 0.15) is 0 Å². The lowest BCUT2D eigenvalue weighted by Crippen LogP contribution is -2.48. The molecule has 1 amide bonds. The number of aromatic nitrogens is 2. The Labute approximate surface area is 75.8 Å².